The van der Waals surface area contributed by atoms with E-state index in [1.54, 1.807) is 18.2 Å². The molecule has 1 aromatic heterocycles. The number of carbonyl (C=O) groups is 2. The standard InChI is InChI=1S/C23H26ClNO3S/c1-23(2,3)15-8-11-17-18(13-15)29-21(20(17)22(27)28-4)25-19(26)12-7-14-5-9-16(24)10-6-14/h5-7,9-10,12,15H,8,11,13H2,1-4H3,(H,25,26)/b12-7+/t15-/m1/s1. The minimum Gasteiger partial charge on any atom is -0.465 e. The second-order valence-corrected chi connectivity index (χ2v) is 9.92. The monoisotopic (exact) mass is 431 g/mol. The average molecular weight is 432 g/mol. The Hall–Kier alpha value is -2.11. The first-order chi connectivity index (χ1) is 13.7. The highest BCUT2D eigenvalue weighted by Gasteiger charge is 2.34. The van der Waals surface area contributed by atoms with Crippen molar-refractivity contribution in [2.24, 2.45) is 11.3 Å². The number of nitrogens with one attached hydrogen (secondary N) is 1. The number of amides is 1. The lowest BCUT2D eigenvalue weighted by molar-refractivity contribution is -0.111. The molecule has 1 atom stereocenters. The van der Waals surface area contributed by atoms with Crippen molar-refractivity contribution in [1.82, 2.24) is 0 Å². The molecule has 6 heteroatoms. The van der Waals surface area contributed by atoms with Crippen LogP contribution in [-0.2, 0) is 22.4 Å². The van der Waals surface area contributed by atoms with Gasteiger partial charge in [-0.2, -0.15) is 0 Å². The molecule has 29 heavy (non-hydrogen) atoms. The summed E-state index contributed by atoms with van der Waals surface area (Å²) < 4.78 is 5.00. The van der Waals surface area contributed by atoms with E-state index >= 15 is 0 Å². The molecule has 0 saturated heterocycles. The van der Waals surface area contributed by atoms with E-state index < -0.39 is 5.97 Å². The SMILES string of the molecule is COC(=O)c1c(NC(=O)/C=C/c2ccc(Cl)cc2)sc2c1CC[C@@H](C(C)(C)C)C2. The molecule has 4 nitrogen and oxygen atoms in total. The van der Waals surface area contributed by atoms with Crippen molar-refractivity contribution in [1.29, 1.82) is 0 Å². The molecule has 0 aliphatic heterocycles. The summed E-state index contributed by atoms with van der Waals surface area (Å²) in [6.45, 7) is 6.76. The van der Waals surface area contributed by atoms with Gasteiger partial charge >= 0.3 is 5.97 Å². The molecule has 0 fully saturated rings. The lowest BCUT2D eigenvalue weighted by Gasteiger charge is -2.33. The number of ether oxygens (including phenoxy) is 1. The number of methoxy groups -OCH3 is 1. The average Bonchev–Trinajstić information content (AvgIpc) is 3.03. The van der Waals surface area contributed by atoms with Crippen molar-refractivity contribution in [3.63, 3.8) is 0 Å². The fraction of sp³-hybridized carbons (Fsp3) is 0.391. The topological polar surface area (TPSA) is 55.4 Å². The Balaban J connectivity index is 1.83. The van der Waals surface area contributed by atoms with E-state index in [1.807, 2.05) is 12.1 Å². The number of carbonyl (C=O) groups excluding carboxylic acids is 2. The molecule has 1 aliphatic carbocycles. The predicted octanol–water partition coefficient (Wildman–Crippen LogP) is 5.99. The third kappa shape index (κ3) is 5.09. The molecule has 2 aromatic rings. The summed E-state index contributed by atoms with van der Waals surface area (Å²) in [7, 11) is 1.37. The van der Waals surface area contributed by atoms with Crippen molar-refractivity contribution >= 4 is 45.9 Å². The van der Waals surface area contributed by atoms with Gasteiger partial charge < -0.3 is 10.1 Å². The van der Waals surface area contributed by atoms with E-state index in [0.717, 1.165) is 30.4 Å². The normalized spacial score (nSPS) is 16.5. The zero-order valence-electron chi connectivity index (χ0n) is 17.2. The highest BCUT2D eigenvalue weighted by Crippen LogP contribution is 2.44. The van der Waals surface area contributed by atoms with E-state index in [1.165, 1.54) is 29.4 Å². The summed E-state index contributed by atoms with van der Waals surface area (Å²) in [6, 6.07) is 7.21. The number of halogens is 1. The molecular weight excluding hydrogens is 406 g/mol. The fourth-order valence-corrected chi connectivity index (χ4v) is 5.07. The van der Waals surface area contributed by atoms with Crippen molar-refractivity contribution in [2.45, 2.75) is 40.0 Å². The first kappa shape index (κ1) is 21.6. The molecule has 0 saturated carbocycles. The highest BCUT2D eigenvalue weighted by atomic mass is 35.5. The Morgan fingerprint density at radius 2 is 1.93 bits per heavy atom. The number of benzene rings is 1. The zero-order valence-corrected chi connectivity index (χ0v) is 18.7. The summed E-state index contributed by atoms with van der Waals surface area (Å²) >= 11 is 7.38. The van der Waals surface area contributed by atoms with Gasteiger partial charge in [0.05, 0.1) is 12.7 Å². The number of fused-ring (bicyclic) bond motifs is 1. The first-order valence-electron chi connectivity index (χ1n) is 9.66. The molecule has 0 spiro atoms. The van der Waals surface area contributed by atoms with E-state index in [9.17, 15) is 9.59 Å². The van der Waals surface area contributed by atoms with E-state index in [0.29, 0.717) is 21.5 Å². The number of esters is 1. The van der Waals surface area contributed by atoms with Crippen LogP contribution in [0.3, 0.4) is 0 Å². The third-order valence-electron chi connectivity index (χ3n) is 5.41. The number of hydrogen-bond acceptors (Lipinski definition) is 4. The zero-order chi connectivity index (χ0) is 21.2. The van der Waals surface area contributed by atoms with E-state index in [4.69, 9.17) is 16.3 Å². The number of rotatable bonds is 4. The lowest BCUT2D eigenvalue weighted by atomic mass is 9.72. The van der Waals surface area contributed by atoms with Gasteiger partial charge in [-0.25, -0.2) is 4.79 Å². The van der Waals surface area contributed by atoms with Gasteiger partial charge in [0.2, 0.25) is 5.91 Å². The van der Waals surface area contributed by atoms with Gasteiger partial charge in [-0.1, -0.05) is 44.5 Å². The first-order valence-corrected chi connectivity index (χ1v) is 10.9. The Labute approximate surface area is 180 Å². The van der Waals surface area contributed by atoms with Crippen LogP contribution in [0.2, 0.25) is 5.02 Å². The van der Waals surface area contributed by atoms with Gasteiger partial charge in [0.15, 0.2) is 0 Å². The van der Waals surface area contributed by atoms with Gasteiger partial charge in [-0.05, 0) is 59.9 Å². The van der Waals surface area contributed by atoms with Crippen LogP contribution in [-0.4, -0.2) is 19.0 Å². The largest absolute Gasteiger partial charge is 0.465 e. The van der Waals surface area contributed by atoms with Crippen LogP contribution in [0.4, 0.5) is 5.00 Å². The van der Waals surface area contributed by atoms with Crippen LogP contribution in [0, 0.1) is 11.3 Å². The van der Waals surface area contributed by atoms with Crippen LogP contribution in [0.15, 0.2) is 30.3 Å². The molecule has 3 rings (SSSR count). The van der Waals surface area contributed by atoms with Crippen molar-refractivity contribution in [3.05, 3.63) is 56.9 Å². The molecule has 1 heterocycles. The van der Waals surface area contributed by atoms with Crippen LogP contribution < -0.4 is 5.32 Å². The molecule has 1 N–H and O–H groups in total. The smallest absolute Gasteiger partial charge is 0.341 e. The molecule has 1 amide bonds. The quantitative estimate of drug-likeness (QED) is 0.477. The van der Waals surface area contributed by atoms with Crippen molar-refractivity contribution in [3.8, 4) is 0 Å². The van der Waals surface area contributed by atoms with Gasteiger partial charge in [0.1, 0.15) is 5.00 Å². The third-order valence-corrected chi connectivity index (χ3v) is 6.84. The molecule has 0 radical (unpaired) electrons. The summed E-state index contributed by atoms with van der Waals surface area (Å²) in [5, 5.41) is 4.10. The summed E-state index contributed by atoms with van der Waals surface area (Å²) in [5.74, 6) is -0.128. The minimum absolute atomic E-state index is 0.206. The Kier molecular flexibility index (Phi) is 6.49. The van der Waals surface area contributed by atoms with Crippen LogP contribution in [0.25, 0.3) is 6.08 Å². The van der Waals surface area contributed by atoms with Crippen molar-refractivity contribution in [2.75, 3.05) is 12.4 Å². The van der Waals surface area contributed by atoms with Crippen LogP contribution in [0.1, 0.15) is 53.6 Å². The summed E-state index contributed by atoms with van der Waals surface area (Å²) in [6.07, 6.45) is 5.95. The van der Waals surface area contributed by atoms with Gasteiger partial charge in [0, 0.05) is 16.0 Å². The Morgan fingerprint density at radius 3 is 2.55 bits per heavy atom. The molecule has 0 bridgehead atoms. The van der Waals surface area contributed by atoms with Gasteiger partial charge in [-0.3, -0.25) is 4.79 Å². The second-order valence-electron chi connectivity index (χ2n) is 8.38. The van der Waals surface area contributed by atoms with Crippen molar-refractivity contribution < 1.29 is 14.3 Å². The molecular formula is C23H26ClNO3S. The van der Waals surface area contributed by atoms with E-state index in [2.05, 4.69) is 26.1 Å². The predicted molar refractivity (Wildman–Crippen MR) is 120 cm³/mol. The number of hydrogen-bond donors (Lipinski definition) is 1. The molecule has 154 valence electrons. The Bertz CT molecular complexity index is 938. The molecule has 1 aliphatic rings. The second kappa shape index (κ2) is 8.72. The summed E-state index contributed by atoms with van der Waals surface area (Å²) in [4.78, 5) is 26.1. The molecule has 0 unspecified atom stereocenters. The molecule has 1 aromatic carbocycles. The number of anilines is 1. The lowest BCUT2D eigenvalue weighted by Crippen LogP contribution is -2.26. The van der Waals surface area contributed by atoms with Gasteiger partial charge in [0.25, 0.3) is 0 Å². The van der Waals surface area contributed by atoms with Crippen LogP contribution in [0.5, 0.6) is 0 Å². The maximum absolute atomic E-state index is 12.5. The Morgan fingerprint density at radius 1 is 1.24 bits per heavy atom. The van der Waals surface area contributed by atoms with Crippen LogP contribution >= 0.6 is 22.9 Å². The maximum Gasteiger partial charge on any atom is 0.341 e. The summed E-state index contributed by atoms with van der Waals surface area (Å²) in [5.41, 5.74) is 2.61. The fourth-order valence-electron chi connectivity index (χ4n) is 3.63. The van der Waals surface area contributed by atoms with Gasteiger partial charge in [-0.15, -0.1) is 11.3 Å². The maximum atomic E-state index is 12.5. The minimum atomic E-state index is -0.395. The highest BCUT2D eigenvalue weighted by molar-refractivity contribution is 7.17. The van der Waals surface area contributed by atoms with E-state index in [-0.39, 0.29) is 11.3 Å². The number of thiophene rings is 1.